The van der Waals surface area contributed by atoms with Crippen molar-refractivity contribution in [2.24, 2.45) is 0 Å². The first-order valence-electron chi connectivity index (χ1n) is 6.48. The molecule has 2 aromatic rings. The van der Waals surface area contributed by atoms with Gasteiger partial charge in [-0.2, -0.15) is 0 Å². The molecule has 1 aromatic heterocycles. The van der Waals surface area contributed by atoms with Gasteiger partial charge in [-0.15, -0.1) is 0 Å². The molecule has 0 fully saturated rings. The number of benzene rings is 1. The van der Waals surface area contributed by atoms with Crippen LogP contribution in [0.25, 0.3) is 0 Å². The van der Waals surface area contributed by atoms with Crippen molar-refractivity contribution in [3.05, 3.63) is 41.9 Å². The highest BCUT2D eigenvalue weighted by atomic mass is 16.5. The maximum Gasteiger partial charge on any atom is 0.238 e. The fraction of sp³-hybridized carbons (Fsp3) is 0.333. The van der Waals surface area contributed by atoms with Gasteiger partial charge in [0.25, 0.3) is 0 Å². The maximum atomic E-state index is 9.07. The minimum Gasteiger partial charge on any atom is -0.483 e. The molecular weight excluding hydrogens is 256 g/mol. The lowest BCUT2D eigenvalue weighted by molar-refractivity contribution is 0.135. The standard InChI is InChI=1S/C15H16N2O3/c1-15(2)6-10-4-3-5-12(14(10)20-15)19-13-8-16-7-11(9-18)17-13/h3-5,7-8,18H,6,9H2,1-2H3. The highest BCUT2D eigenvalue weighted by Crippen LogP contribution is 2.42. The van der Waals surface area contributed by atoms with Crippen molar-refractivity contribution in [2.45, 2.75) is 32.5 Å². The molecule has 0 radical (unpaired) electrons. The summed E-state index contributed by atoms with van der Waals surface area (Å²) in [6, 6.07) is 5.81. The molecule has 1 aromatic carbocycles. The Hall–Kier alpha value is -2.14. The quantitative estimate of drug-likeness (QED) is 0.929. The van der Waals surface area contributed by atoms with Crippen molar-refractivity contribution in [1.29, 1.82) is 0 Å². The molecule has 1 aliphatic heterocycles. The van der Waals surface area contributed by atoms with Crippen LogP contribution in [0.15, 0.2) is 30.6 Å². The zero-order valence-electron chi connectivity index (χ0n) is 11.5. The van der Waals surface area contributed by atoms with E-state index in [1.807, 2.05) is 32.0 Å². The van der Waals surface area contributed by atoms with E-state index in [4.69, 9.17) is 14.6 Å². The van der Waals surface area contributed by atoms with Gasteiger partial charge in [-0.25, -0.2) is 4.98 Å². The minimum absolute atomic E-state index is 0.166. The van der Waals surface area contributed by atoms with Gasteiger partial charge in [0.05, 0.1) is 24.7 Å². The van der Waals surface area contributed by atoms with E-state index in [9.17, 15) is 0 Å². The lowest BCUT2D eigenvalue weighted by Crippen LogP contribution is -2.24. The van der Waals surface area contributed by atoms with Crippen molar-refractivity contribution in [3.8, 4) is 17.4 Å². The first-order chi connectivity index (χ1) is 9.57. The molecule has 3 rings (SSSR count). The maximum absolute atomic E-state index is 9.07. The van der Waals surface area contributed by atoms with Crippen LogP contribution in [0.4, 0.5) is 0 Å². The molecule has 0 atom stereocenters. The van der Waals surface area contributed by atoms with Crippen LogP contribution in [0, 0.1) is 0 Å². The van der Waals surface area contributed by atoms with Crippen LogP contribution in [0.1, 0.15) is 25.1 Å². The second-order valence-electron chi connectivity index (χ2n) is 5.39. The Morgan fingerprint density at radius 1 is 1.35 bits per heavy atom. The molecule has 0 bridgehead atoms. The SMILES string of the molecule is CC1(C)Cc2cccc(Oc3cncc(CO)n3)c2O1. The smallest absolute Gasteiger partial charge is 0.238 e. The predicted molar refractivity (Wildman–Crippen MR) is 72.9 cm³/mol. The average molecular weight is 272 g/mol. The summed E-state index contributed by atoms with van der Waals surface area (Å²) < 4.78 is 11.7. The van der Waals surface area contributed by atoms with Gasteiger partial charge in [0.15, 0.2) is 11.5 Å². The third kappa shape index (κ3) is 2.44. The fourth-order valence-corrected chi connectivity index (χ4v) is 2.29. The number of hydrogen-bond acceptors (Lipinski definition) is 5. The molecule has 0 saturated carbocycles. The van der Waals surface area contributed by atoms with Crippen LogP contribution >= 0.6 is 0 Å². The summed E-state index contributed by atoms with van der Waals surface area (Å²) in [5.74, 6) is 1.73. The summed E-state index contributed by atoms with van der Waals surface area (Å²) in [6.07, 6.45) is 3.86. The molecular formula is C15H16N2O3. The number of aromatic nitrogens is 2. The van der Waals surface area contributed by atoms with E-state index in [-0.39, 0.29) is 12.2 Å². The fourth-order valence-electron chi connectivity index (χ4n) is 2.29. The number of para-hydroxylation sites is 1. The van der Waals surface area contributed by atoms with Crippen LogP contribution in [0.3, 0.4) is 0 Å². The average Bonchev–Trinajstić information content (AvgIpc) is 2.74. The van der Waals surface area contributed by atoms with E-state index in [0.29, 0.717) is 17.3 Å². The molecule has 0 saturated heterocycles. The van der Waals surface area contributed by atoms with Crippen molar-refractivity contribution >= 4 is 0 Å². The van der Waals surface area contributed by atoms with Gasteiger partial charge in [-0.05, 0) is 19.9 Å². The van der Waals surface area contributed by atoms with Gasteiger partial charge >= 0.3 is 0 Å². The normalized spacial score (nSPS) is 15.6. The number of hydrogen-bond donors (Lipinski definition) is 1. The van der Waals surface area contributed by atoms with E-state index in [2.05, 4.69) is 9.97 Å². The van der Waals surface area contributed by atoms with Crippen molar-refractivity contribution in [3.63, 3.8) is 0 Å². The van der Waals surface area contributed by atoms with E-state index in [1.54, 1.807) is 0 Å². The van der Waals surface area contributed by atoms with E-state index in [0.717, 1.165) is 17.7 Å². The largest absolute Gasteiger partial charge is 0.483 e. The summed E-state index contributed by atoms with van der Waals surface area (Å²) in [7, 11) is 0. The molecule has 0 amide bonds. The Kier molecular flexibility index (Phi) is 3.06. The van der Waals surface area contributed by atoms with Gasteiger partial charge in [-0.3, -0.25) is 4.98 Å². The zero-order valence-corrected chi connectivity index (χ0v) is 11.5. The summed E-state index contributed by atoms with van der Waals surface area (Å²) in [6.45, 7) is 3.92. The number of nitrogens with zero attached hydrogens (tertiary/aromatic N) is 2. The Labute approximate surface area is 117 Å². The second kappa shape index (κ2) is 4.76. The highest BCUT2D eigenvalue weighted by molar-refractivity contribution is 5.51. The monoisotopic (exact) mass is 272 g/mol. The summed E-state index contributed by atoms with van der Waals surface area (Å²) in [4.78, 5) is 8.14. The van der Waals surface area contributed by atoms with Crippen LogP contribution in [-0.2, 0) is 13.0 Å². The van der Waals surface area contributed by atoms with Crippen LogP contribution in [-0.4, -0.2) is 20.7 Å². The second-order valence-corrected chi connectivity index (χ2v) is 5.39. The number of ether oxygens (including phenoxy) is 2. The third-order valence-electron chi connectivity index (χ3n) is 3.09. The molecule has 0 aliphatic carbocycles. The van der Waals surface area contributed by atoms with Gasteiger partial charge < -0.3 is 14.6 Å². The number of fused-ring (bicyclic) bond motifs is 1. The Morgan fingerprint density at radius 3 is 3.00 bits per heavy atom. The van der Waals surface area contributed by atoms with E-state index >= 15 is 0 Å². The van der Waals surface area contributed by atoms with Crippen molar-refractivity contribution in [1.82, 2.24) is 9.97 Å². The molecule has 1 N–H and O–H groups in total. The number of aliphatic hydroxyl groups excluding tert-OH is 1. The van der Waals surface area contributed by atoms with Gasteiger partial charge in [0, 0.05) is 12.0 Å². The summed E-state index contributed by atoms with van der Waals surface area (Å²) >= 11 is 0. The van der Waals surface area contributed by atoms with Gasteiger partial charge in [0.1, 0.15) is 5.60 Å². The molecule has 20 heavy (non-hydrogen) atoms. The van der Waals surface area contributed by atoms with Gasteiger partial charge in [-0.1, -0.05) is 12.1 Å². The van der Waals surface area contributed by atoms with Crippen molar-refractivity contribution < 1.29 is 14.6 Å². The van der Waals surface area contributed by atoms with E-state index in [1.165, 1.54) is 12.4 Å². The van der Waals surface area contributed by atoms with Crippen molar-refractivity contribution in [2.75, 3.05) is 0 Å². The van der Waals surface area contributed by atoms with Crippen LogP contribution in [0.2, 0.25) is 0 Å². The summed E-state index contributed by atoms with van der Waals surface area (Å²) in [5.41, 5.74) is 1.37. The molecule has 1 aliphatic rings. The van der Waals surface area contributed by atoms with Crippen LogP contribution < -0.4 is 9.47 Å². The highest BCUT2D eigenvalue weighted by Gasteiger charge is 2.32. The Morgan fingerprint density at radius 2 is 2.20 bits per heavy atom. The topological polar surface area (TPSA) is 64.5 Å². The first-order valence-corrected chi connectivity index (χ1v) is 6.48. The Bertz CT molecular complexity index is 641. The zero-order chi connectivity index (χ0) is 14.2. The molecule has 104 valence electrons. The molecule has 0 spiro atoms. The van der Waals surface area contributed by atoms with Gasteiger partial charge in [0.2, 0.25) is 5.88 Å². The number of aliphatic hydroxyl groups is 1. The van der Waals surface area contributed by atoms with Crippen LogP contribution in [0.5, 0.6) is 17.4 Å². The number of rotatable bonds is 3. The van der Waals surface area contributed by atoms with E-state index < -0.39 is 0 Å². The predicted octanol–water partition coefficient (Wildman–Crippen LogP) is 2.47. The lowest BCUT2D eigenvalue weighted by atomic mass is 10.0. The molecule has 5 heteroatoms. The Balaban J connectivity index is 1.91. The summed E-state index contributed by atoms with van der Waals surface area (Å²) in [5, 5.41) is 9.07. The first kappa shape index (κ1) is 12.9. The molecule has 5 nitrogen and oxygen atoms in total. The third-order valence-corrected chi connectivity index (χ3v) is 3.09. The minimum atomic E-state index is -0.222. The molecule has 0 unspecified atom stereocenters. The lowest BCUT2D eigenvalue weighted by Gasteiger charge is -2.18. The molecule has 2 heterocycles.